The molecule has 1 amide bonds. The van der Waals surface area contributed by atoms with Crippen molar-refractivity contribution >= 4 is 34.8 Å². The molecule has 1 aromatic heterocycles. The van der Waals surface area contributed by atoms with Crippen molar-refractivity contribution in [1.82, 2.24) is 9.97 Å². The number of methoxy groups -OCH3 is 1. The summed E-state index contributed by atoms with van der Waals surface area (Å²) in [7, 11) is 1.54. The number of nitrogens with zero attached hydrogens (tertiary/aromatic N) is 3. The lowest BCUT2D eigenvalue weighted by Crippen LogP contribution is -2.22. The van der Waals surface area contributed by atoms with Crippen molar-refractivity contribution in [2.75, 3.05) is 23.9 Å². The summed E-state index contributed by atoms with van der Waals surface area (Å²) < 4.78 is 5.13. The molecule has 0 bridgehead atoms. The van der Waals surface area contributed by atoms with Crippen molar-refractivity contribution in [3.05, 3.63) is 71.0 Å². The summed E-state index contributed by atoms with van der Waals surface area (Å²) in [6.07, 6.45) is 0. The number of hydrogen-bond acceptors (Lipinski definition) is 5. The molecule has 3 aromatic rings. The Balaban J connectivity index is 1.88. The van der Waals surface area contributed by atoms with Crippen molar-refractivity contribution in [3.8, 4) is 5.75 Å². The van der Waals surface area contributed by atoms with Crippen LogP contribution in [-0.4, -0.2) is 29.5 Å². The van der Waals surface area contributed by atoms with Gasteiger partial charge in [0.25, 0.3) is 5.91 Å². The number of halogens is 1. The van der Waals surface area contributed by atoms with Gasteiger partial charge < -0.3 is 15.0 Å². The zero-order valence-corrected chi connectivity index (χ0v) is 16.7. The van der Waals surface area contributed by atoms with Crippen LogP contribution in [0.5, 0.6) is 5.75 Å². The topological polar surface area (TPSA) is 67.4 Å². The maximum Gasteiger partial charge on any atom is 0.274 e. The fourth-order valence-corrected chi connectivity index (χ4v) is 3.03. The number of carbonyl (C=O) groups is 1. The summed E-state index contributed by atoms with van der Waals surface area (Å²) >= 11 is 6.13. The molecule has 0 aliphatic heterocycles. The van der Waals surface area contributed by atoms with E-state index in [0.29, 0.717) is 34.6 Å². The number of aryl methyl sites for hydroxylation is 1. The number of amides is 1. The second-order valence-corrected chi connectivity index (χ2v) is 6.49. The third-order valence-corrected chi connectivity index (χ3v) is 4.41. The minimum Gasteiger partial charge on any atom is -0.495 e. The molecule has 0 aliphatic carbocycles. The highest BCUT2D eigenvalue weighted by Gasteiger charge is 2.16. The van der Waals surface area contributed by atoms with Crippen LogP contribution in [0.4, 0.5) is 17.3 Å². The van der Waals surface area contributed by atoms with Gasteiger partial charge in [0.2, 0.25) is 5.95 Å². The first kappa shape index (κ1) is 19.6. The number of ether oxygens (including phenoxy) is 1. The fraction of sp³-hybridized carbons (Fsp3) is 0.190. The van der Waals surface area contributed by atoms with Crippen LogP contribution >= 0.6 is 11.6 Å². The van der Waals surface area contributed by atoms with Gasteiger partial charge in [0.15, 0.2) is 0 Å². The average Bonchev–Trinajstić information content (AvgIpc) is 2.69. The molecule has 0 atom stereocenters. The molecular weight excluding hydrogens is 376 g/mol. The lowest BCUT2D eigenvalue weighted by molar-refractivity contribution is 0.102. The van der Waals surface area contributed by atoms with Gasteiger partial charge in [-0.1, -0.05) is 29.8 Å². The van der Waals surface area contributed by atoms with E-state index in [-0.39, 0.29) is 11.6 Å². The molecule has 0 spiro atoms. The Bertz CT molecular complexity index is 979. The summed E-state index contributed by atoms with van der Waals surface area (Å²) in [4.78, 5) is 23.7. The highest BCUT2D eigenvalue weighted by Crippen LogP contribution is 2.27. The van der Waals surface area contributed by atoms with Crippen molar-refractivity contribution in [2.24, 2.45) is 0 Å². The first-order valence-corrected chi connectivity index (χ1v) is 9.22. The highest BCUT2D eigenvalue weighted by molar-refractivity contribution is 6.32. The Labute approximate surface area is 169 Å². The van der Waals surface area contributed by atoms with E-state index < -0.39 is 0 Å². The van der Waals surface area contributed by atoms with Crippen LogP contribution in [0.3, 0.4) is 0 Å². The van der Waals surface area contributed by atoms with E-state index in [1.54, 1.807) is 24.3 Å². The second kappa shape index (κ2) is 8.71. The van der Waals surface area contributed by atoms with Crippen LogP contribution in [0.15, 0.2) is 54.6 Å². The maximum atomic E-state index is 12.7. The van der Waals surface area contributed by atoms with Crippen molar-refractivity contribution in [3.63, 3.8) is 0 Å². The van der Waals surface area contributed by atoms with Crippen molar-refractivity contribution < 1.29 is 9.53 Å². The smallest absolute Gasteiger partial charge is 0.274 e. The summed E-state index contributed by atoms with van der Waals surface area (Å²) in [6, 6.07) is 16.5. The van der Waals surface area contributed by atoms with E-state index >= 15 is 0 Å². The minimum atomic E-state index is -0.336. The summed E-state index contributed by atoms with van der Waals surface area (Å²) in [6.45, 7) is 4.52. The number of carbonyl (C=O) groups excluding carboxylic acids is 1. The number of anilines is 3. The number of rotatable bonds is 6. The van der Waals surface area contributed by atoms with E-state index in [4.69, 9.17) is 16.3 Å². The van der Waals surface area contributed by atoms with Crippen LogP contribution < -0.4 is 15.0 Å². The summed E-state index contributed by atoms with van der Waals surface area (Å²) in [5, 5.41) is 3.23. The molecule has 0 unspecified atom stereocenters. The van der Waals surface area contributed by atoms with Crippen molar-refractivity contribution in [1.29, 1.82) is 0 Å². The minimum absolute atomic E-state index is 0.281. The first-order valence-electron chi connectivity index (χ1n) is 8.85. The van der Waals surface area contributed by atoms with Crippen LogP contribution in [0.2, 0.25) is 5.02 Å². The van der Waals surface area contributed by atoms with Gasteiger partial charge in [-0.15, -0.1) is 0 Å². The van der Waals surface area contributed by atoms with Gasteiger partial charge in [-0.3, -0.25) is 4.79 Å². The van der Waals surface area contributed by atoms with Gasteiger partial charge in [0, 0.05) is 23.6 Å². The van der Waals surface area contributed by atoms with Gasteiger partial charge in [-0.25, -0.2) is 9.97 Å². The van der Waals surface area contributed by atoms with Gasteiger partial charge in [0.1, 0.15) is 11.4 Å². The Morgan fingerprint density at radius 1 is 1.14 bits per heavy atom. The summed E-state index contributed by atoms with van der Waals surface area (Å²) in [5.41, 5.74) is 2.51. The van der Waals surface area contributed by atoms with Gasteiger partial charge in [-0.2, -0.15) is 0 Å². The monoisotopic (exact) mass is 396 g/mol. The molecule has 0 saturated carbocycles. The molecule has 3 rings (SSSR count). The normalized spacial score (nSPS) is 10.4. The van der Waals surface area contributed by atoms with Gasteiger partial charge in [0.05, 0.1) is 12.1 Å². The molecule has 0 fully saturated rings. The molecule has 7 heteroatoms. The lowest BCUT2D eigenvalue weighted by Gasteiger charge is -2.21. The molecule has 2 aromatic carbocycles. The first-order chi connectivity index (χ1) is 13.5. The standard InChI is InChI=1S/C21H21ClN4O2/c1-4-26(16-8-6-5-7-9-16)21-23-14(2)12-18(25-21)20(27)24-15-10-11-19(28-3)17(22)13-15/h5-13H,4H2,1-3H3,(H,24,27). The third kappa shape index (κ3) is 4.40. The molecule has 0 radical (unpaired) electrons. The van der Waals surface area contributed by atoms with Crippen LogP contribution in [0.1, 0.15) is 23.1 Å². The molecule has 0 saturated heterocycles. The van der Waals surface area contributed by atoms with Crippen molar-refractivity contribution in [2.45, 2.75) is 13.8 Å². The number of benzene rings is 2. The fourth-order valence-electron chi connectivity index (χ4n) is 2.78. The molecule has 144 valence electrons. The summed E-state index contributed by atoms with van der Waals surface area (Å²) in [5.74, 6) is 0.685. The van der Waals surface area contributed by atoms with E-state index in [1.807, 2.05) is 49.1 Å². The molecule has 6 nitrogen and oxygen atoms in total. The molecule has 1 heterocycles. The van der Waals surface area contributed by atoms with E-state index in [1.165, 1.54) is 7.11 Å². The zero-order valence-electron chi connectivity index (χ0n) is 15.9. The number of nitrogens with one attached hydrogen (secondary N) is 1. The Morgan fingerprint density at radius 2 is 1.89 bits per heavy atom. The number of hydrogen-bond donors (Lipinski definition) is 1. The van der Waals surface area contributed by atoms with Crippen LogP contribution in [-0.2, 0) is 0 Å². The molecule has 28 heavy (non-hydrogen) atoms. The van der Waals surface area contributed by atoms with E-state index in [0.717, 1.165) is 5.69 Å². The van der Waals surface area contributed by atoms with Crippen LogP contribution in [0, 0.1) is 6.92 Å². The number of aromatic nitrogens is 2. The quantitative estimate of drug-likeness (QED) is 0.644. The van der Waals surface area contributed by atoms with Gasteiger partial charge >= 0.3 is 0 Å². The van der Waals surface area contributed by atoms with Gasteiger partial charge in [-0.05, 0) is 50.2 Å². The molecule has 1 N–H and O–H groups in total. The average molecular weight is 397 g/mol. The van der Waals surface area contributed by atoms with Crippen LogP contribution in [0.25, 0.3) is 0 Å². The predicted octanol–water partition coefficient (Wildman–Crippen LogP) is 4.86. The van der Waals surface area contributed by atoms with E-state index in [9.17, 15) is 4.79 Å². The largest absolute Gasteiger partial charge is 0.495 e. The Kier molecular flexibility index (Phi) is 6.11. The third-order valence-electron chi connectivity index (χ3n) is 4.11. The highest BCUT2D eigenvalue weighted by atomic mass is 35.5. The maximum absolute atomic E-state index is 12.7. The Morgan fingerprint density at radius 3 is 2.54 bits per heavy atom. The molecular formula is C21H21ClN4O2. The Hall–Kier alpha value is -3.12. The van der Waals surface area contributed by atoms with E-state index in [2.05, 4.69) is 15.3 Å². The number of para-hydroxylation sites is 1. The predicted molar refractivity (Wildman–Crippen MR) is 112 cm³/mol. The lowest BCUT2D eigenvalue weighted by atomic mass is 10.2. The molecule has 0 aliphatic rings. The zero-order chi connectivity index (χ0) is 20.1. The second-order valence-electron chi connectivity index (χ2n) is 6.08. The SMILES string of the molecule is CCN(c1ccccc1)c1nc(C)cc(C(=O)Nc2ccc(OC)c(Cl)c2)n1.